The van der Waals surface area contributed by atoms with Crippen molar-refractivity contribution in [3.63, 3.8) is 0 Å². The summed E-state index contributed by atoms with van der Waals surface area (Å²) in [6.45, 7) is 2.08. The number of methoxy groups -OCH3 is 2. The Bertz CT molecular complexity index is 550. The average molecular weight is 270 g/mol. The summed E-state index contributed by atoms with van der Waals surface area (Å²) in [6.07, 6.45) is 1.21. The summed E-state index contributed by atoms with van der Waals surface area (Å²) in [5.74, 6) is 0. The molecule has 1 aromatic heterocycles. The predicted octanol–water partition coefficient (Wildman–Crippen LogP) is -0.206. The Hall–Kier alpha value is -1.44. The summed E-state index contributed by atoms with van der Waals surface area (Å²) in [4.78, 5) is 25.5. The van der Waals surface area contributed by atoms with Gasteiger partial charge in [-0.05, 0) is 6.92 Å². The minimum Gasteiger partial charge on any atom is -0.382 e. The molecule has 1 aliphatic heterocycles. The summed E-state index contributed by atoms with van der Waals surface area (Å²) in [7, 11) is 3.16. The van der Waals surface area contributed by atoms with Crippen molar-refractivity contribution in [1.82, 2.24) is 9.55 Å². The maximum absolute atomic E-state index is 11.8. The van der Waals surface area contributed by atoms with Crippen LogP contribution in [0, 0.1) is 6.92 Å². The predicted molar refractivity (Wildman–Crippen MR) is 67.3 cm³/mol. The lowest BCUT2D eigenvalue weighted by Crippen LogP contribution is -2.36. The van der Waals surface area contributed by atoms with E-state index in [0.29, 0.717) is 18.6 Å². The van der Waals surface area contributed by atoms with Crippen LogP contribution in [0.3, 0.4) is 0 Å². The van der Waals surface area contributed by atoms with Gasteiger partial charge in [-0.2, -0.15) is 0 Å². The fraction of sp³-hybridized carbons (Fsp3) is 0.667. The number of nitrogens with zero attached hydrogens (tertiary/aromatic N) is 1. The first-order chi connectivity index (χ1) is 9.06. The normalized spacial score (nSPS) is 26.8. The fourth-order valence-electron chi connectivity index (χ4n) is 2.24. The van der Waals surface area contributed by atoms with E-state index >= 15 is 0 Å². The van der Waals surface area contributed by atoms with Crippen molar-refractivity contribution in [2.24, 2.45) is 0 Å². The van der Waals surface area contributed by atoms with Gasteiger partial charge in [0.1, 0.15) is 6.10 Å². The van der Waals surface area contributed by atoms with E-state index in [2.05, 4.69) is 4.98 Å². The Labute approximate surface area is 110 Å². The standard InChI is InChI=1S/C12H18N2O5/c1-7-5-14(12(16)13-10(7)15)11-9(18-3)4-8(19-11)6-17-2/h5,8-9,11H,4,6H2,1-3H3,(H,13,15,16)/t8-,9?,11+/m0/s1. The van der Waals surface area contributed by atoms with Crippen LogP contribution in [0.5, 0.6) is 0 Å². The third kappa shape index (κ3) is 2.78. The molecule has 1 fully saturated rings. The molecule has 0 radical (unpaired) electrons. The quantitative estimate of drug-likeness (QED) is 0.819. The summed E-state index contributed by atoms with van der Waals surface area (Å²) < 4.78 is 17.5. The topological polar surface area (TPSA) is 82.5 Å². The highest BCUT2D eigenvalue weighted by atomic mass is 16.6. The van der Waals surface area contributed by atoms with Crippen LogP contribution in [-0.2, 0) is 14.2 Å². The third-order valence-electron chi connectivity index (χ3n) is 3.22. The van der Waals surface area contributed by atoms with E-state index in [4.69, 9.17) is 14.2 Å². The molecule has 3 atom stereocenters. The van der Waals surface area contributed by atoms with Crippen LogP contribution in [0.4, 0.5) is 0 Å². The maximum Gasteiger partial charge on any atom is 0.330 e. The van der Waals surface area contributed by atoms with Gasteiger partial charge in [-0.15, -0.1) is 0 Å². The molecule has 1 unspecified atom stereocenters. The summed E-state index contributed by atoms with van der Waals surface area (Å²) in [5, 5.41) is 0. The van der Waals surface area contributed by atoms with Crippen molar-refractivity contribution in [2.75, 3.05) is 20.8 Å². The molecule has 1 aliphatic rings. The second kappa shape index (κ2) is 5.68. The lowest BCUT2D eigenvalue weighted by Gasteiger charge is -2.19. The smallest absolute Gasteiger partial charge is 0.330 e. The Morgan fingerprint density at radius 1 is 1.47 bits per heavy atom. The van der Waals surface area contributed by atoms with E-state index in [1.807, 2.05) is 0 Å². The number of hydrogen-bond donors (Lipinski definition) is 1. The van der Waals surface area contributed by atoms with E-state index in [1.165, 1.54) is 10.8 Å². The zero-order valence-corrected chi connectivity index (χ0v) is 11.2. The Balaban J connectivity index is 2.32. The van der Waals surface area contributed by atoms with Crippen LogP contribution >= 0.6 is 0 Å². The van der Waals surface area contributed by atoms with Gasteiger partial charge in [-0.25, -0.2) is 4.79 Å². The molecule has 1 saturated heterocycles. The van der Waals surface area contributed by atoms with Crippen molar-refractivity contribution >= 4 is 0 Å². The highest BCUT2D eigenvalue weighted by Gasteiger charge is 2.37. The SMILES string of the molecule is COC[C@@H]1CC(OC)[C@H](n2cc(C)c(=O)[nH]c2=O)O1. The Morgan fingerprint density at radius 3 is 2.84 bits per heavy atom. The molecular weight excluding hydrogens is 252 g/mol. The van der Waals surface area contributed by atoms with Crippen molar-refractivity contribution < 1.29 is 14.2 Å². The number of aromatic amines is 1. The van der Waals surface area contributed by atoms with E-state index in [1.54, 1.807) is 21.1 Å². The van der Waals surface area contributed by atoms with Gasteiger partial charge in [0.2, 0.25) is 0 Å². The average Bonchev–Trinajstić information content (AvgIpc) is 2.77. The molecule has 7 heteroatoms. The van der Waals surface area contributed by atoms with Crippen molar-refractivity contribution in [3.8, 4) is 0 Å². The lowest BCUT2D eigenvalue weighted by atomic mass is 10.2. The Morgan fingerprint density at radius 2 is 2.21 bits per heavy atom. The highest BCUT2D eigenvalue weighted by molar-refractivity contribution is 5.02. The van der Waals surface area contributed by atoms with Gasteiger partial charge in [-0.1, -0.05) is 0 Å². The lowest BCUT2D eigenvalue weighted by molar-refractivity contribution is -0.0666. The zero-order chi connectivity index (χ0) is 14.0. The molecule has 1 N–H and O–H groups in total. The molecule has 0 amide bonds. The van der Waals surface area contributed by atoms with E-state index in [0.717, 1.165) is 0 Å². The number of rotatable bonds is 4. The zero-order valence-electron chi connectivity index (χ0n) is 11.2. The molecule has 0 aromatic carbocycles. The van der Waals surface area contributed by atoms with Gasteiger partial charge >= 0.3 is 5.69 Å². The number of aromatic nitrogens is 2. The van der Waals surface area contributed by atoms with Gasteiger partial charge in [0, 0.05) is 32.4 Å². The molecule has 0 aliphatic carbocycles. The van der Waals surface area contributed by atoms with Gasteiger partial charge in [-0.3, -0.25) is 14.3 Å². The molecule has 19 heavy (non-hydrogen) atoms. The number of hydrogen-bond acceptors (Lipinski definition) is 5. The van der Waals surface area contributed by atoms with Gasteiger partial charge in [0.05, 0.1) is 12.7 Å². The van der Waals surface area contributed by atoms with Crippen LogP contribution in [-0.4, -0.2) is 42.6 Å². The second-order valence-corrected chi connectivity index (χ2v) is 4.59. The summed E-state index contributed by atoms with van der Waals surface area (Å²) in [5.41, 5.74) is -0.435. The minimum atomic E-state index is -0.548. The number of ether oxygens (including phenoxy) is 3. The van der Waals surface area contributed by atoms with Gasteiger partial charge < -0.3 is 14.2 Å². The fourth-order valence-corrected chi connectivity index (χ4v) is 2.24. The molecular formula is C12H18N2O5. The van der Waals surface area contributed by atoms with Crippen molar-refractivity contribution in [2.45, 2.75) is 31.8 Å². The van der Waals surface area contributed by atoms with Crippen LogP contribution in [0.1, 0.15) is 18.2 Å². The number of aryl methyl sites for hydroxylation is 1. The molecule has 2 heterocycles. The molecule has 1 aromatic rings. The largest absolute Gasteiger partial charge is 0.382 e. The molecule has 0 saturated carbocycles. The van der Waals surface area contributed by atoms with Gasteiger partial charge in [0.15, 0.2) is 6.23 Å². The molecule has 106 valence electrons. The van der Waals surface area contributed by atoms with E-state index in [9.17, 15) is 9.59 Å². The van der Waals surface area contributed by atoms with Crippen molar-refractivity contribution in [1.29, 1.82) is 0 Å². The molecule has 0 spiro atoms. The number of H-pyrrole nitrogens is 1. The third-order valence-corrected chi connectivity index (χ3v) is 3.22. The van der Waals surface area contributed by atoms with Gasteiger partial charge in [0.25, 0.3) is 5.56 Å². The van der Waals surface area contributed by atoms with E-state index < -0.39 is 11.9 Å². The maximum atomic E-state index is 11.8. The summed E-state index contributed by atoms with van der Waals surface area (Å²) >= 11 is 0. The molecule has 0 bridgehead atoms. The first-order valence-electron chi connectivity index (χ1n) is 6.06. The molecule has 7 nitrogen and oxygen atoms in total. The summed E-state index contributed by atoms with van der Waals surface area (Å²) in [6, 6.07) is 0. The number of nitrogens with one attached hydrogen (secondary N) is 1. The van der Waals surface area contributed by atoms with E-state index in [-0.39, 0.29) is 17.8 Å². The highest BCUT2D eigenvalue weighted by Crippen LogP contribution is 2.29. The Kier molecular flexibility index (Phi) is 4.18. The first kappa shape index (κ1) is 14.0. The minimum absolute atomic E-state index is 0.126. The first-order valence-corrected chi connectivity index (χ1v) is 6.06. The van der Waals surface area contributed by atoms with Crippen molar-refractivity contribution in [3.05, 3.63) is 32.6 Å². The van der Waals surface area contributed by atoms with Crippen LogP contribution in [0.25, 0.3) is 0 Å². The monoisotopic (exact) mass is 270 g/mol. The molecule has 2 rings (SSSR count). The van der Waals surface area contributed by atoms with Crippen LogP contribution in [0.2, 0.25) is 0 Å². The van der Waals surface area contributed by atoms with Crippen LogP contribution in [0.15, 0.2) is 15.8 Å². The second-order valence-electron chi connectivity index (χ2n) is 4.59. The van der Waals surface area contributed by atoms with Crippen LogP contribution < -0.4 is 11.2 Å².